The van der Waals surface area contributed by atoms with Crippen LogP contribution >= 0.6 is 0 Å². The van der Waals surface area contributed by atoms with Crippen LogP contribution in [-0.2, 0) is 9.53 Å². The molecule has 0 aliphatic heterocycles. The van der Waals surface area contributed by atoms with Crippen LogP contribution in [0.2, 0.25) is 0 Å². The van der Waals surface area contributed by atoms with Crippen molar-refractivity contribution in [2.75, 3.05) is 20.2 Å². The van der Waals surface area contributed by atoms with Crippen molar-refractivity contribution in [3.05, 3.63) is 0 Å². The maximum Gasteiger partial charge on any atom is 0.206 e. The first kappa shape index (κ1) is 13.4. The molecular formula is C10H22N2O2. The molecule has 0 aromatic heterocycles. The summed E-state index contributed by atoms with van der Waals surface area (Å²) in [5.74, 6) is 0. The maximum atomic E-state index is 9.06. The quantitative estimate of drug-likeness (QED) is 0.658. The average Bonchev–Trinajstić information content (AvgIpc) is 2.28. The normalized spacial score (nSPS) is 16.7. The summed E-state index contributed by atoms with van der Waals surface area (Å²) in [6.07, 6.45) is 7.73. The van der Waals surface area contributed by atoms with E-state index in [9.17, 15) is 0 Å². The van der Waals surface area contributed by atoms with Crippen LogP contribution in [0.1, 0.15) is 32.1 Å². The molecule has 3 N–H and O–H groups in total. The van der Waals surface area contributed by atoms with E-state index >= 15 is 0 Å². The zero-order valence-corrected chi connectivity index (χ0v) is 9.00. The molecule has 0 unspecified atom stereocenters. The number of carbonyl (C=O) groups excluding carboxylic acids is 1. The molecular weight excluding hydrogens is 180 g/mol. The van der Waals surface area contributed by atoms with Crippen molar-refractivity contribution in [1.82, 2.24) is 5.32 Å². The fraction of sp³-hybridized carbons (Fsp3) is 0.900. The van der Waals surface area contributed by atoms with Gasteiger partial charge in [-0.05, 0) is 12.8 Å². The Bertz CT molecular complexity index is 125. The number of hydrogen-bond donors (Lipinski definition) is 2. The van der Waals surface area contributed by atoms with E-state index < -0.39 is 0 Å². The lowest BCUT2D eigenvalue weighted by Gasteiger charge is -2.21. The van der Waals surface area contributed by atoms with E-state index in [0.717, 1.165) is 6.61 Å². The monoisotopic (exact) mass is 202 g/mol. The Morgan fingerprint density at radius 1 is 1.43 bits per heavy atom. The first-order valence-electron chi connectivity index (χ1n) is 5.27. The number of nitrogens with two attached hydrogens (primary N) is 1. The molecule has 0 aromatic carbocycles. The van der Waals surface area contributed by atoms with Gasteiger partial charge in [-0.2, -0.15) is 0 Å². The van der Waals surface area contributed by atoms with Gasteiger partial charge in [0.15, 0.2) is 0 Å². The maximum absolute atomic E-state index is 9.06. The van der Waals surface area contributed by atoms with Gasteiger partial charge < -0.3 is 15.8 Å². The summed E-state index contributed by atoms with van der Waals surface area (Å²) in [6.45, 7) is 1.40. The zero-order chi connectivity index (χ0) is 10.6. The predicted octanol–water partition coefficient (Wildman–Crippen LogP) is 0.657. The molecule has 1 aliphatic carbocycles. The van der Waals surface area contributed by atoms with Crippen molar-refractivity contribution in [3.63, 3.8) is 0 Å². The van der Waals surface area contributed by atoms with Crippen molar-refractivity contribution < 1.29 is 9.53 Å². The van der Waals surface area contributed by atoms with E-state index in [2.05, 4.69) is 5.32 Å². The van der Waals surface area contributed by atoms with Crippen molar-refractivity contribution in [2.45, 2.75) is 38.2 Å². The summed E-state index contributed by atoms with van der Waals surface area (Å²) < 4.78 is 5.51. The summed E-state index contributed by atoms with van der Waals surface area (Å²) >= 11 is 0. The Labute approximate surface area is 86.2 Å². The molecule has 1 fully saturated rings. The Morgan fingerprint density at radius 2 is 2.00 bits per heavy atom. The molecule has 4 nitrogen and oxygen atoms in total. The fourth-order valence-electron chi connectivity index (χ4n) is 1.47. The fourth-order valence-corrected chi connectivity index (χ4v) is 1.47. The highest BCUT2D eigenvalue weighted by Gasteiger charge is 2.12. The van der Waals surface area contributed by atoms with E-state index in [1.807, 2.05) is 0 Å². The molecule has 84 valence electrons. The molecule has 1 rings (SSSR count). The Hall–Kier alpha value is -0.610. The minimum absolute atomic E-state index is 0.525. The van der Waals surface area contributed by atoms with Gasteiger partial charge in [-0.15, -0.1) is 0 Å². The van der Waals surface area contributed by atoms with Gasteiger partial charge in [-0.3, -0.25) is 4.79 Å². The lowest BCUT2D eigenvalue weighted by atomic mass is 9.98. The first-order valence-corrected chi connectivity index (χ1v) is 5.27. The van der Waals surface area contributed by atoms with Gasteiger partial charge in [-0.1, -0.05) is 19.3 Å². The summed E-state index contributed by atoms with van der Waals surface area (Å²) in [6, 6.07) is 0. The largest absolute Gasteiger partial charge is 0.377 e. The highest BCUT2D eigenvalue weighted by atomic mass is 16.5. The van der Waals surface area contributed by atoms with Crippen LogP contribution < -0.4 is 11.1 Å². The number of ether oxygens (including phenoxy) is 1. The van der Waals surface area contributed by atoms with E-state index in [4.69, 9.17) is 15.3 Å². The second kappa shape index (κ2) is 10.5. The van der Waals surface area contributed by atoms with Gasteiger partial charge >= 0.3 is 0 Å². The molecule has 0 heterocycles. The first-order chi connectivity index (χ1) is 6.85. The van der Waals surface area contributed by atoms with Gasteiger partial charge in [0, 0.05) is 13.6 Å². The van der Waals surface area contributed by atoms with Gasteiger partial charge in [-0.25, -0.2) is 0 Å². The van der Waals surface area contributed by atoms with E-state index in [1.165, 1.54) is 32.1 Å². The second-order valence-corrected chi connectivity index (χ2v) is 3.33. The van der Waals surface area contributed by atoms with Crippen LogP contribution in [0.4, 0.5) is 0 Å². The molecule has 0 spiro atoms. The third-order valence-electron chi connectivity index (χ3n) is 2.14. The molecule has 0 radical (unpaired) electrons. The number of rotatable bonds is 4. The summed E-state index contributed by atoms with van der Waals surface area (Å²) in [4.78, 5) is 9.06. The highest BCUT2D eigenvalue weighted by Crippen LogP contribution is 2.19. The summed E-state index contributed by atoms with van der Waals surface area (Å²) in [5.41, 5.74) is 5.32. The van der Waals surface area contributed by atoms with Crippen LogP contribution in [0.25, 0.3) is 0 Å². The van der Waals surface area contributed by atoms with Crippen LogP contribution in [0, 0.1) is 0 Å². The topological polar surface area (TPSA) is 64.4 Å². The second-order valence-electron chi connectivity index (χ2n) is 3.33. The molecule has 1 aliphatic rings. The summed E-state index contributed by atoms with van der Waals surface area (Å²) in [7, 11) is 1.56. The summed E-state index contributed by atoms with van der Waals surface area (Å²) in [5, 5.41) is 2.25. The number of amides is 1. The predicted molar refractivity (Wildman–Crippen MR) is 57.0 cm³/mol. The van der Waals surface area contributed by atoms with Gasteiger partial charge in [0.25, 0.3) is 0 Å². The van der Waals surface area contributed by atoms with Gasteiger partial charge in [0.1, 0.15) is 0 Å². The van der Waals surface area contributed by atoms with Crippen molar-refractivity contribution in [1.29, 1.82) is 0 Å². The lowest BCUT2D eigenvalue weighted by molar-refractivity contribution is -0.109. The molecule has 14 heavy (non-hydrogen) atoms. The third kappa shape index (κ3) is 8.01. The van der Waals surface area contributed by atoms with Crippen LogP contribution in [0.15, 0.2) is 0 Å². The van der Waals surface area contributed by atoms with E-state index in [-0.39, 0.29) is 0 Å². The SMILES string of the molecule is CNC=O.NCCOC1CCCCC1. The lowest BCUT2D eigenvalue weighted by Crippen LogP contribution is -2.20. The Morgan fingerprint density at radius 3 is 2.43 bits per heavy atom. The third-order valence-corrected chi connectivity index (χ3v) is 2.14. The van der Waals surface area contributed by atoms with Crippen LogP contribution in [-0.4, -0.2) is 32.7 Å². The highest BCUT2D eigenvalue weighted by molar-refractivity contribution is 5.44. The molecule has 1 amide bonds. The van der Waals surface area contributed by atoms with Crippen molar-refractivity contribution >= 4 is 6.41 Å². The molecule has 1 saturated carbocycles. The number of carbonyl (C=O) groups is 1. The molecule has 0 bridgehead atoms. The van der Waals surface area contributed by atoms with Crippen LogP contribution in [0.5, 0.6) is 0 Å². The molecule has 4 heteroatoms. The average molecular weight is 202 g/mol. The molecule has 0 saturated heterocycles. The zero-order valence-electron chi connectivity index (χ0n) is 9.00. The molecule has 0 atom stereocenters. The molecule has 0 aromatic rings. The minimum Gasteiger partial charge on any atom is -0.377 e. The standard InChI is InChI=1S/C8H17NO.C2H5NO/c9-6-7-10-8-4-2-1-3-5-8;1-3-2-4/h8H,1-7,9H2;2H,1H3,(H,3,4). The van der Waals surface area contributed by atoms with Gasteiger partial charge in [0.05, 0.1) is 12.7 Å². The van der Waals surface area contributed by atoms with E-state index in [0.29, 0.717) is 19.1 Å². The minimum atomic E-state index is 0.525. The van der Waals surface area contributed by atoms with Crippen molar-refractivity contribution in [3.8, 4) is 0 Å². The number of nitrogens with one attached hydrogen (secondary N) is 1. The smallest absolute Gasteiger partial charge is 0.206 e. The van der Waals surface area contributed by atoms with Gasteiger partial charge in [0.2, 0.25) is 6.41 Å². The Kier molecular flexibility index (Phi) is 10.0. The van der Waals surface area contributed by atoms with E-state index in [1.54, 1.807) is 7.05 Å². The Balaban J connectivity index is 0.000000364. The van der Waals surface area contributed by atoms with Crippen molar-refractivity contribution in [2.24, 2.45) is 5.73 Å². The number of hydrogen-bond acceptors (Lipinski definition) is 3. The van der Waals surface area contributed by atoms with Crippen LogP contribution in [0.3, 0.4) is 0 Å².